The van der Waals surface area contributed by atoms with Crippen molar-refractivity contribution in [3.8, 4) is 11.5 Å². The van der Waals surface area contributed by atoms with Gasteiger partial charge in [0.05, 0.1) is 18.7 Å². The molecule has 2 aromatic carbocycles. The van der Waals surface area contributed by atoms with E-state index in [0.717, 1.165) is 0 Å². The summed E-state index contributed by atoms with van der Waals surface area (Å²) in [5.41, 5.74) is 0.433. The van der Waals surface area contributed by atoms with E-state index in [1.165, 1.54) is 0 Å². The number of carbonyl (C=O) groups is 1. The Morgan fingerprint density at radius 3 is 2.38 bits per heavy atom. The summed E-state index contributed by atoms with van der Waals surface area (Å²) in [6.45, 7) is -1.68. The number of nitrogens with one attached hydrogen (secondary N) is 1. The lowest BCUT2D eigenvalue weighted by atomic mass is 10.2. The molecule has 0 aliphatic heterocycles. The second-order valence-corrected chi connectivity index (χ2v) is 4.88. The normalized spacial score (nSPS) is 11.1. The van der Waals surface area contributed by atoms with Gasteiger partial charge in [-0.05, 0) is 24.3 Å². The van der Waals surface area contributed by atoms with Crippen molar-refractivity contribution in [3.05, 3.63) is 54.6 Å². The van der Waals surface area contributed by atoms with Crippen molar-refractivity contribution in [1.29, 1.82) is 0 Å². The van der Waals surface area contributed by atoms with Gasteiger partial charge in [0.2, 0.25) is 5.91 Å². The fraction of sp³-hybridized carbons (Fsp3) is 0.235. The van der Waals surface area contributed by atoms with Gasteiger partial charge in [-0.15, -0.1) is 0 Å². The molecule has 0 fully saturated rings. The molecule has 0 unspecified atom stereocenters. The molecule has 0 saturated carbocycles. The molecule has 0 aliphatic rings. The fourth-order valence-corrected chi connectivity index (χ4v) is 1.84. The van der Waals surface area contributed by atoms with Gasteiger partial charge in [0.15, 0.2) is 5.75 Å². The van der Waals surface area contributed by atoms with Crippen LogP contribution < -0.4 is 10.1 Å². The van der Waals surface area contributed by atoms with Crippen LogP contribution in [0.25, 0.3) is 0 Å². The molecule has 4 nitrogen and oxygen atoms in total. The molecule has 1 amide bonds. The minimum absolute atomic E-state index is 0.185. The van der Waals surface area contributed by atoms with E-state index in [1.54, 1.807) is 36.4 Å². The third-order valence-electron chi connectivity index (χ3n) is 2.87. The van der Waals surface area contributed by atoms with Gasteiger partial charge < -0.3 is 14.8 Å². The number of anilines is 1. The number of alkyl halides is 3. The molecule has 2 rings (SSSR count). The van der Waals surface area contributed by atoms with E-state index < -0.39 is 18.7 Å². The van der Waals surface area contributed by atoms with E-state index in [9.17, 15) is 18.0 Å². The van der Waals surface area contributed by atoms with Crippen molar-refractivity contribution in [2.45, 2.75) is 12.6 Å². The van der Waals surface area contributed by atoms with Gasteiger partial charge in [-0.2, -0.15) is 13.2 Å². The number of para-hydroxylation sites is 3. The standard InChI is InChI=1S/C17H16F3NO3/c18-17(19,20)12-23-11-10-16(22)21-14-8-4-5-9-15(14)24-13-6-2-1-3-7-13/h1-9H,10-12H2,(H,21,22). The Morgan fingerprint density at radius 1 is 1.00 bits per heavy atom. The molecule has 0 radical (unpaired) electrons. The number of carbonyl (C=O) groups excluding carboxylic acids is 1. The number of ether oxygens (including phenoxy) is 2. The molecule has 1 N–H and O–H groups in total. The van der Waals surface area contributed by atoms with Gasteiger partial charge in [0, 0.05) is 0 Å². The first-order valence-corrected chi connectivity index (χ1v) is 7.20. The van der Waals surface area contributed by atoms with Crippen molar-refractivity contribution < 1.29 is 27.4 Å². The monoisotopic (exact) mass is 339 g/mol. The average molecular weight is 339 g/mol. The Balaban J connectivity index is 1.89. The Bertz CT molecular complexity index is 660. The molecule has 0 atom stereocenters. The highest BCUT2D eigenvalue weighted by molar-refractivity contribution is 5.92. The zero-order chi connectivity index (χ0) is 17.4. The van der Waals surface area contributed by atoms with Crippen LogP contribution >= 0.6 is 0 Å². The van der Waals surface area contributed by atoms with Crippen molar-refractivity contribution in [3.63, 3.8) is 0 Å². The Morgan fingerprint density at radius 2 is 1.67 bits per heavy atom. The summed E-state index contributed by atoms with van der Waals surface area (Å²) in [5, 5.41) is 2.60. The van der Waals surface area contributed by atoms with Crippen LogP contribution in [0.4, 0.5) is 18.9 Å². The molecule has 24 heavy (non-hydrogen) atoms. The molecular formula is C17H16F3NO3. The minimum Gasteiger partial charge on any atom is -0.455 e. The molecule has 0 aromatic heterocycles. The maximum Gasteiger partial charge on any atom is 0.411 e. The van der Waals surface area contributed by atoms with Crippen LogP contribution in [0.5, 0.6) is 11.5 Å². The molecule has 0 bridgehead atoms. The number of hydrogen-bond donors (Lipinski definition) is 1. The first-order valence-electron chi connectivity index (χ1n) is 7.20. The first-order chi connectivity index (χ1) is 11.4. The van der Waals surface area contributed by atoms with Crippen LogP contribution in [-0.4, -0.2) is 25.3 Å². The van der Waals surface area contributed by atoms with E-state index >= 15 is 0 Å². The Labute approximate surface area is 137 Å². The summed E-state index contributed by atoms with van der Waals surface area (Å²) in [4.78, 5) is 11.8. The molecule has 0 spiro atoms. The van der Waals surface area contributed by atoms with Crippen LogP contribution in [-0.2, 0) is 9.53 Å². The third kappa shape index (κ3) is 6.29. The van der Waals surface area contributed by atoms with E-state index in [0.29, 0.717) is 17.2 Å². The quantitative estimate of drug-likeness (QED) is 0.761. The lowest BCUT2D eigenvalue weighted by Gasteiger charge is -2.12. The SMILES string of the molecule is O=C(CCOCC(F)(F)F)Nc1ccccc1Oc1ccccc1. The highest BCUT2D eigenvalue weighted by atomic mass is 19.4. The number of benzene rings is 2. The van der Waals surface area contributed by atoms with Gasteiger partial charge in [-0.25, -0.2) is 0 Å². The highest BCUT2D eigenvalue weighted by Crippen LogP contribution is 2.29. The molecule has 2 aromatic rings. The first kappa shape index (κ1) is 17.8. The van der Waals surface area contributed by atoms with E-state index in [2.05, 4.69) is 10.1 Å². The number of hydrogen-bond acceptors (Lipinski definition) is 3. The highest BCUT2D eigenvalue weighted by Gasteiger charge is 2.27. The van der Waals surface area contributed by atoms with Crippen LogP contribution in [0.3, 0.4) is 0 Å². The summed E-state index contributed by atoms with van der Waals surface area (Å²) in [5.74, 6) is 0.585. The molecule has 0 heterocycles. The molecule has 0 saturated heterocycles. The summed E-state index contributed by atoms with van der Waals surface area (Å²) < 4.78 is 45.9. The van der Waals surface area contributed by atoms with E-state index in [4.69, 9.17) is 4.74 Å². The van der Waals surface area contributed by atoms with E-state index in [1.807, 2.05) is 18.2 Å². The zero-order valence-corrected chi connectivity index (χ0v) is 12.7. The summed E-state index contributed by atoms with van der Waals surface area (Å²) in [6, 6.07) is 15.8. The molecule has 128 valence electrons. The summed E-state index contributed by atoms with van der Waals surface area (Å²) in [7, 11) is 0. The fourth-order valence-electron chi connectivity index (χ4n) is 1.84. The van der Waals surface area contributed by atoms with Gasteiger partial charge in [0.25, 0.3) is 0 Å². The van der Waals surface area contributed by atoms with Gasteiger partial charge in [0.1, 0.15) is 12.4 Å². The topological polar surface area (TPSA) is 47.6 Å². The summed E-state index contributed by atoms with van der Waals surface area (Å²) >= 11 is 0. The maximum absolute atomic E-state index is 11.9. The van der Waals surface area contributed by atoms with Crippen LogP contribution in [0, 0.1) is 0 Å². The smallest absolute Gasteiger partial charge is 0.411 e. The second kappa shape index (κ2) is 8.35. The minimum atomic E-state index is -4.40. The number of amides is 1. The predicted octanol–water partition coefficient (Wildman–Crippen LogP) is 4.39. The largest absolute Gasteiger partial charge is 0.455 e. The van der Waals surface area contributed by atoms with Crippen molar-refractivity contribution >= 4 is 11.6 Å². The lowest BCUT2D eigenvalue weighted by Crippen LogP contribution is -2.20. The van der Waals surface area contributed by atoms with Crippen molar-refractivity contribution in [2.24, 2.45) is 0 Å². The van der Waals surface area contributed by atoms with Gasteiger partial charge in [-0.1, -0.05) is 30.3 Å². The van der Waals surface area contributed by atoms with Crippen LogP contribution in [0.15, 0.2) is 54.6 Å². The summed E-state index contributed by atoms with van der Waals surface area (Å²) in [6.07, 6.45) is -4.58. The zero-order valence-electron chi connectivity index (χ0n) is 12.7. The maximum atomic E-state index is 11.9. The number of halogens is 3. The average Bonchev–Trinajstić information content (AvgIpc) is 2.54. The van der Waals surface area contributed by atoms with Gasteiger partial charge in [-0.3, -0.25) is 4.79 Å². The van der Waals surface area contributed by atoms with Crippen LogP contribution in [0.1, 0.15) is 6.42 Å². The van der Waals surface area contributed by atoms with E-state index in [-0.39, 0.29) is 13.0 Å². The third-order valence-corrected chi connectivity index (χ3v) is 2.87. The lowest BCUT2D eigenvalue weighted by molar-refractivity contribution is -0.174. The molecule has 7 heteroatoms. The van der Waals surface area contributed by atoms with Crippen molar-refractivity contribution in [2.75, 3.05) is 18.5 Å². The number of rotatable bonds is 7. The Hall–Kier alpha value is -2.54. The second-order valence-electron chi connectivity index (χ2n) is 4.88. The Kier molecular flexibility index (Phi) is 6.20. The van der Waals surface area contributed by atoms with Crippen molar-refractivity contribution in [1.82, 2.24) is 0 Å². The van der Waals surface area contributed by atoms with Gasteiger partial charge >= 0.3 is 6.18 Å². The molecular weight excluding hydrogens is 323 g/mol. The molecule has 0 aliphatic carbocycles. The van der Waals surface area contributed by atoms with Crippen LogP contribution in [0.2, 0.25) is 0 Å². The predicted molar refractivity (Wildman–Crippen MR) is 83.1 cm³/mol.